The fraction of sp³-hybridized carbons (Fsp3) is 0.583. The average Bonchev–Trinajstić information content (AvgIpc) is 2.40. The number of likely N-dealkylation sites (N-methyl/N-ethyl adjacent to an activating group) is 1. The molecule has 0 radical (unpaired) electrons. The van der Waals surface area contributed by atoms with E-state index in [1.54, 1.807) is 4.90 Å². The highest BCUT2D eigenvalue weighted by atomic mass is 35.5. The Morgan fingerprint density at radius 1 is 1.42 bits per heavy atom. The van der Waals surface area contributed by atoms with Gasteiger partial charge in [-0.05, 0) is 19.5 Å². The lowest BCUT2D eigenvalue weighted by Gasteiger charge is -2.39. The Kier molecular flexibility index (Phi) is 4.60. The molecule has 1 amide bonds. The molecule has 7 heteroatoms. The minimum atomic E-state index is -0.135. The molecule has 0 N–H and O–H groups in total. The number of hydrogen-bond acceptors (Lipinski definition) is 4. The summed E-state index contributed by atoms with van der Waals surface area (Å²) in [6, 6.07) is 1.81. The smallest absolute Gasteiger partial charge is 0.257 e. The third kappa shape index (κ3) is 3.16. The summed E-state index contributed by atoms with van der Waals surface area (Å²) in [6.07, 6.45) is 0. The van der Waals surface area contributed by atoms with Crippen LogP contribution in [0.1, 0.15) is 24.2 Å². The van der Waals surface area contributed by atoms with Crippen LogP contribution in [0, 0.1) is 0 Å². The van der Waals surface area contributed by atoms with Gasteiger partial charge in [-0.15, -0.1) is 10.2 Å². The van der Waals surface area contributed by atoms with Crippen LogP contribution >= 0.6 is 23.2 Å². The standard InChI is InChI=1S/C12H16Cl2N4O/c1-3-17-4-5-18(7-8(17)2)12(19)9-6-10(13)15-16-11(9)14/h6,8H,3-5,7H2,1-2H3. The number of hydrogen-bond donors (Lipinski definition) is 0. The molecule has 1 aliphatic rings. The van der Waals surface area contributed by atoms with Gasteiger partial charge >= 0.3 is 0 Å². The number of aromatic nitrogens is 2. The van der Waals surface area contributed by atoms with Crippen molar-refractivity contribution in [3.05, 3.63) is 21.9 Å². The summed E-state index contributed by atoms with van der Waals surface area (Å²) in [5.41, 5.74) is 0.318. The lowest BCUT2D eigenvalue weighted by molar-refractivity contribution is 0.0528. The summed E-state index contributed by atoms with van der Waals surface area (Å²) in [4.78, 5) is 16.5. The molecule has 5 nitrogen and oxygen atoms in total. The Hall–Kier alpha value is -0.910. The second-order valence-corrected chi connectivity index (χ2v) is 5.35. The highest BCUT2D eigenvalue weighted by Crippen LogP contribution is 2.19. The maximum absolute atomic E-state index is 12.4. The number of halogens is 2. The zero-order chi connectivity index (χ0) is 14.0. The molecule has 1 saturated heterocycles. The molecule has 2 heterocycles. The summed E-state index contributed by atoms with van der Waals surface area (Å²) in [6.45, 7) is 7.47. The summed E-state index contributed by atoms with van der Waals surface area (Å²) in [5, 5.41) is 7.55. The van der Waals surface area contributed by atoms with Gasteiger partial charge in [0.1, 0.15) is 0 Å². The number of carbonyl (C=O) groups is 1. The van der Waals surface area contributed by atoms with Crippen molar-refractivity contribution >= 4 is 29.1 Å². The first-order chi connectivity index (χ1) is 9.02. The minimum Gasteiger partial charge on any atom is -0.336 e. The van der Waals surface area contributed by atoms with Crippen molar-refractivity contribution in [2.75, 3.05) is 26.2 Å². The Labute approximate surface area is 122 Å². The van der Waals surface area contributed by atoms with Crippen LogP contribution in [0.15, 0.2) is 6.07 Å². The maximum atomic E-state index is 12.4. The molecule has 1 fully saturated rings. The van der Waals surface area contributed by atoms with E-state index in [1.807, 2.05) is 0 Å². The Morgan fingerprint density at radius 3 is 2.79 bits per heavy atom. The monoisotopic (exact) mass is 302 g/mol. The largest absolute Gasteiger partial charge is 0.336 e. The van der Waals surface area contributed by atoms with E-state index in [4.69, 9.17) is 23.2 Å². The molecule has 1 unspecified atom stereocenters. The third-order valence-corrected chi connectivity index (χ3v) is 3.87. The van der Waals surface area contributed by atoms with Crippen molar-refractivity contribution in [2.45, 2.75) is 19.9 Å². The van der Waals surface area contributed by atoms with Gasteiger partial charge in [-0.2, -0.15) is 0 Å². The first-order valence-corrected chi connectivity index (χ1v) is 7.00. The van der Waals surface area contributed by atoms with Crippen molar-refractivity contribution in [1.82, 2.24) is 20.0 Å². The van der Waals surface area contributed by atoms with E-state index in [0.717, 1.165) is 13.1 Å². The lowest BCUT2D eigenvalue weighted by atomic mass is 10.1. The van der Waals surface area contributed by atoms with Gasteiger partial charge < -0.3 is 4.90 Å². The molecule has 1 aromatic heterocycles. The normalized spacial score (nSPS) is 20.6. The third-order valence-electron chi connectivity index (χ3n) is 3.41. The van der Waals surface area contributed by atoms with Gasteiger partial charge in [0.15, 0.2) is 10.3 Å². The van der Waals surface area contributed by atoms with Crippen LogP contribution in [0.25, 0.3) is 0 Å². The van der Waals surface area contributed by atoms with E-state index in [2.05, 4.69) is 28.9 Å². The van der Waals surface area contributed by atoms with Gasteiger partial charge in [0.05, 0.1) is 5.56 Å². The Bertz CT molecular complexity index is 483. The molecule has 19 heavy (non-hydrogen) atoms. The van der Waals surface area contributed by atoms with Crippen molar-refractivity contribution < 1.29 is 4.79 Å². The van der Waals surface area contributed by atoms with Gasteiger partial charge in [-0.3, -0.25) is 9.69 Å². The van der Waals surface area contributed by atoms with Crippen molar-refractivity contribution in [3.63, 3.8) is 0 Å². The predicted octanol–water partition coefficient (Wildman–Crippen LogP) is 1.95. The van der Waals surface area contributed by atoms with Crippen LogP contribution in [0.3, 0.4) is 0 Å². The van der Waals surface area contributed by atoms with Crippen molar-refractivity contribution in [3.8, 4) is 0 Å². The van der Waals surface area contributed by atoms with Gasteiger partial charge in [-0.1, -0.05) is 30.1 Å². The highest BCUT2D eigenvalue weighted by Gasteiger charge is 2.27. The molecule has 0 spiro atoms. The number of nitrogens with zero attached hydrogens (tertiary/aromatic N) is 4. The number of rotatable bonds is 2. The zero-order valence-electron chi connectivity index (χ0n) is 10.9. The second-order valence-electron chi connectivity index (χ2n) is 4.60. The number of carbonyl (C=O) groups excluding carboxylic acids is 1. The molecule has 0 saturated carbocycles. The lowest BCUT2D eigenvalue weighted by Crippen LogP contribution is -2.53. The Balaban J connectivity index is 2.14. The van der Waals surface area contributed by atoms with E-state index in [9.17, 15) is 4.79 Å². The van der Waals surface area contributed by atoms with Crippen LogP contribution in [0.4, 0.5) is 0 Å². The second kappa shape index (κ2) is 6.03. The summed E-state index contributed by atoms with van der Waals surface area (Å²) in [5.74, 6) is -0.135. The van der Waals surface area contributed by atoms with Crippen molar-refractivity contribution in [2.24, 2.45) is 0 Å². The van der Waals surface area contributed by atoms with E-state index in [0.29, 0.717) is 24.7 Å². The first-order valence-electron chi connectivity index (χ1n) is 6.25. The SMILES string of the molecule is CCN1CCN(C(=O)c2cc(Cl)nnc2Cl)CC1C. The number of amides is 1. The van der Waals surface area contributed by atoms with E-state index in [-0.39, 0.29) is 16.2 Å². The van der Waals surface area contributed by atoms with E-state index >= 15 is 0 Å². The molecule has 0 aliphatic carbocycles. The Morgan fingerprint density at radius 2 is 2.16 bits per heavy atom. The molecule has 0 aromatic carbocycles. The number of piperazine rings is 1. The van der Waals surface area contributed by atoms with Gasteiger partial charge in [-0.25, -0.2) is 0 Å². The van der Waals surface area contributed by atoms with Gasteiger partial charge in [0, 0.05) is 25.7 Å². The molecule has 1 aliphatic heterocycles. The first kappa shape index (κ1) is 14.5. The summed E-state index contributed by atoms with van der Waals surface area (Å²) >= 11 is 11.7. The minimum absolute atomic E-state index is 0.0972. The molecule has 1 atom stereocenters. The zero-order valence-corrected chi connectivity index (χ0v) is 12.4. The highest BCUT2D eigenvalue weighted by molar-refractivity contribution is 6.34. The van der Waals surface area contributed by atoms with Crippen LogP contribution in [-0.4, -0.2) is 58.1 Å². The topological polar surface area (TPSA) is 49.3 Å². The molecule has 104 valence electrons. The van der Waals surface area contributed by atoms with Crippen LogP contribution in [0.5, 0.6) is 0 Å². The predicted molar refractivity (Wildman–Crippen MR) is 74.7 cm³/mol. The quantitative estimate of drug-likeness (QED) is 0.838. The molecular formula is C12H16Cl2N4O. The molecule has 2 rings (SSSR count). The molecular weight excluding hydrogens is 287 g/mol. The van der Waals surface area contributed by atoms with E-state index in [1.165, 1.54) is 6.07 Å². The van der Waals surface area contributed by atoms with Gasteiger partial charge in [0.2, 0.25) is 0 Å². The van der Waals surface area contributed by atoms with E-state index < -0.39 is 0 Å². The van der Waals surface area contributed by atoms with Crippen LogP contribution in [-0.2, 0) is 0 Å². The van der Waals surface area contributed by atoms with Crippen LogP contribution < -0.4 is 0 Å². The average molecular weight is 303 g/mol. The van der Waals surface area contributed by atoms with Gasteiger partial charge in [0.25, 0.3) is 5.91 Å². The molecule has 1 aromatic rings. The fourth-order valence-corrected chi connectivity index (χ4v) is 2.64. The fourth-order valence-electron chi connectivity index (χ4n) is 2.32. The maximum Gasteiger partial charge on any atom is 0.257 e. The summed E-state index contributed by atoms with van der Waals surface area (Å²) in [7, 11) is 0. The van der Waals surface area contributed by atoms with Crippen molar-refractivity contribution in [1.29, 1.82) is 0 Å². The van der Waals surface area contributed by atoms with Crippen LogP contribution in [0.2, 0.25) is 10.3 Å². The molecule has 0 bridgehead atoms. The summed E-state index contributed by atoms with van der Waals surface area (Å²) < 4.78 is 0.